The molecule has 0 saturated carbocycles. The Labute approximate surface area is 90.9 Å². The standard InChI is InChI=1S/C8H10BrNO3S/c9-8-2-1-6(5-14(10,12)13)7(3-8)4-11/h1-3,11H,4-5H2,(H2,10,12,13). The first-order valence-corrected chi connectivity index (χ1v) is 6.32. The fourth-order valence-corrected chi connectivity index (χ4v) is 2.22. The minimum Gasteiger partial charge on any atom is -0.392 e. The van der Waals surface area contributed by atoms with E-state index in [9.17, 15) is 8.42 Å². The molecule has 1 aromatic rings. The molecule has 0 aromatic heterocycles. The summed E-state index contributed by atoms with van der Waals surface area (Å²) >= 11 is 3.22. The molecule has 0 fully saturated rings. The Morgan fingerprint density at radius 3 is 2.50 bits per heavy atom. The second kappa shape index (κ2) is 4.39. The quantitative estimate of drug-likeness (QED) is 0.856. The molecule has 0 saturated heterocycles. The summed E-state index contributed by atoms with van der Waals surface area (Å²) in [6.07, 6.45) is 0. The molecule has 3 N–H and O–H groups in total. The molecular formula is C8H10BrNO3S. The summed E-state index contributed by atoms with van der Waals surface area (Å²) in [6, 6.07) is 5.00. The van der Waals surface area contributed by atoms with Crippen LogP contribution in [-0.4, -0.2) is 13.5 Å². The maximum absolute atomic E-state index is 10.8. The van der Waals surface area contributed by atoms with Crippen LogP contribution in [0, 0.1) is 0 Å². The number of benzene rings is 1. The predicted octanol–water partition coefficient (Wildman–Crippen LogP) is 0.730. The van der Waals surface area contributed by atoms with E-state index in [0.717, 1.165) is 4.47 Å². The van der Waals surface area contributed by atoms with Crippen molar-refractivity contribution in [2.75, 3.05) is 0 Å². The van der Waals surface area contributed by atoms with Crippen LogP contribution in [0.2, 0.25) is 0 Å². The number of primary sulfonamides is 1. The second-order valence-electron chi connectivity index (χ2n) is 2.88. The summed E-state index contributed by atoms with van der Waals surface area (Å²) in [7, 11) is -3.55. The van der Waals surface area contributed by atoms with Gasteiger partial charge in [0.15, 0.2) is 0 Å². The van der Waals surface area contributed by atoms with Crippen LogP contribution in [0.1, 0.15) is 11.1 Å². The molecule has 0 amide bonds. The predicted molar refractivity (Wildman–Crippen MR) is 56.9 cm³/mol. The molecule has 14 heavy (non-hydrogen) atoms. The van der Waals surface area contributed by atoms with E-state index >= 15 is 0 Å². The number of sulfonamides is 1. The average Bonchev–Trinajstić information content (AvgIpc) is 2.06. The van der Waals surface area contributed by atoms with E-state index in [2.05, 4.69) is 15.9 Å². The molecule has 0 aliphatic carbocycles. The third kappa shape index (κ3) is 3.38. The van der Waals surface area contributed by atoms with Gasteiger partial charge in [-0.2, -0.15) is 0 Å². The molecule has 1 aromatic carbocycles. The number of hydrogen-bond donors (Lipinski definition) is 2. The highest BCUT2D eigenvalue weighted by Crippen LogP contribution is 2.18. The average molecular weight is 280 g/mol. The SMILES string of the molecule is NS(=O)(=O)Cc1ccc(Br)cc1CO. The van der Waals surface area contributed by atoms with Gasteiger partial charge in [0.25, 0.3) is 0 Å². The Bertz CT molecular complexity index is 430. The number of nitrogens with two attached hydrogens (primary N) is 1. The lowest BCUT2D eigenvalue weighted by Gasteiger charge is -2.06. The largest absolute Gasteiger partial charge is 0.392 e. The lowest BCUT2D eigenvalue weighted by atomic mass is 10.1. The smallest absolute Gasteiger partial charge is 0.213 e. The van der Waals surface area contributed by atoms with Crippen LogP contribution in [0.5, 0.6) is 0 Å². The van der Waals surface area contributed by atoms with Gasteiger partial charge < -0.3 is 5.11 Å². The minimum absolute atomic E-state index is 0.204. The van der Waals surface area contributed by atoms with Crippen molar-refractivity contribution in [2.45, 2.75) is 12.4 Å². The van der Waals surface area contributed by atoms with Crippen LogP contribution in [0.25, 0.3) is 0 Å². The molecule has 0 atom stereocenters. The van der Waals surface area contributed by atoms with Gasteiger partial charge in [-0.3, -0.25) is 0 Å². The first kappa shape index (κ1) is 11.6. The van der Waals surface area contributed by atoms with Gasteiger partial charge in [0.2, 0.25) is 10.0 Å². The summed E-state index contributed by atoms with van der Waals surface area (Å²) < 4.78 is 22.5. The summed E-state index contributed by atoms with van der Waals surface area (Å²) in [5, 5.41) is 13.9. The number of rotatable bonds is 3. The van der Waals surface area contributed by atoms with Crippen molar-refractivity contribution < 1.29 is 13.5 Å². The molecule has 0 spiro atoms. The molecule has 78 valence electrons. The lowest BCUT2D eigenvalue weighted by molar-refractivity contribution is 0.281. The molecular weight excluding hydrogens is 270 g/mol. The zero-order valence-electron chi connectivity index (χ0n) is 7.27. The van der Waals surface area contributed by atoms with Crippen LogP contribution in [0.4, 0.5) is 0 Å². The van der Waals surface area contributed by atoms with E-state index in [1.54, 1.807) is 18.2 Å². The number of aliphatic hydroxyl groups is 1. The van der Waals surface area contributed by atoms with Crippen molar-refractivity contribution in [3.05, 3.63) is 33.8 Å². The Balaban J connectivity index is 3.09. The van der Waals surface area contributed by atoms with Gasteiger partial charge in [0.05, 0.1) is 12.4 Å². The van der Waals surface area contributed by atoms with E-state index in [0.29, 0.717) is 11.1 Å². The maximum atomic E-state index is 10.8. The molecule has 1 rings (SSSR count). The molecule has 4 nitrogen and oxygen atoms in total. The van der Waals surface area contributed by atoms with Crippen molar-refractivity contribution in [1.82, 2.24) is 0 Å². The third-order valence-electron chi connectivity index (χ3n) is 1.70. The van der Waals surface area contributed by atoms with Gasteiger partial charge in [0, 0.05) is 4.47 Å². The van der Waals surface area contributed by atoms with E-state index in [1.807, 2.05) is 0 Å². The summed E-state index contributed by atoms with van der Waals surface area (Å²) in [4.78, 5) is 0. The van der Waals surface area contributed by atoms with Gasteiger partial charge in [-0.1, -0.05) is 22.0 Å². The first-order chi connectivity index (χ1) is 6.42. The summed E-state index contributed by atoms with van der Waals surface area (Å²) in [5.74, 6) is -0.254. The molecule has 0 aliphatic rings. The molecule has 0 heterocycles. The highest BCUT2D eigenvalue weighted by Gasteiger charge is 2.09. The van der Waals surface area contributed by atoms with Crippen LogP contribution in [0.15, 0.2) is 22.7 Å². The Hall–Kier alpha value is -0.430. The van der Waals surface area contributed by atoms with Crippen molar-refractivity contribution in [1.29, 1.82) is 0 Å². The fourth-order valence-electron chi connectivity index (χ4n) is 1.10. The van der Waals surface area contributed by atoms with Crippen LogP contribution >= 0.6 is 15.9 Å². The summed E-state index contributed by atoms with van der Waals surface area (Å²) in [5.41, 5.74) is 1.09. The monoisotopic (exact) mass is 279 g/mol. The molecule has 0 aliphatic heterocycles. The molecule has 0 unspecified atom stereocenters. The van der Waals surface area contributed by atoms with Crippen LogP contribution in [0.3, 0.4) is 0 Å². The number of aliphatic hydroxyl groups excluding tert-OH is 1. The van der Waals surface area contributed by atoms with Gasteiger partial charge in [0.1, 0.15) is 0 Å². The zero-order chi connectivity index (χ0) is 10.8. The fraction of sp³-hybridized carbons (Fsp3) is 0.250. The van der Waals surface area contributed by atoms with Crippen LogP contribution in [-0.2, 0) is 22.4 Å². The van der Waals surface area contributed by atoms with Crippen LogP contribution < -0.4 is 5.14 Å². The van der Waals surface area contributed by atoms with Gasteiger partial charge >= 0.3 is 0 Å². The molecule has 0 bridgehead atoms. The maximum Gasteiger partial charge on any atom is 0.213 e. The molecule has 0 radical (unpaired) electrons. The van der Waals surface area contributed by atoms with E-state index in [4.69, 9.17) is 10.2 Å². The molecule has 6 heteroatoms. The van der Waals surface area contributed by atoms with E-state index in [1.165, 1.54) is 0 Å². The first-order valence-electron chi connectivity index (χ1n) is 3.81. The van der Waals surface area contributed by atoms with Crippen molar-refractivity contribution in [2.24, 2.45) is 5.14 Å². The van der Waals surface area contributed by atoms with Gasteiger partial charge in [-0.05, 0) is 23.3 Å². The minimum atomic E-state index is -3.55. The Morgan fingerprint density at radius 2 is 2.00 bits per heavy atom. The lowest BCUT2D eigenvalue weighted by Crippen LogP contribution is -2.15. The highest BCUT2D eigenvalue weighted by atomic mass is 79.9. The normalized spacial score (nSPS) is 11.6. The summed E-state index contributed by atoms with van der Waals surface area (Å²) in [6.45, 7) is -0.204. The van der Waals surface area contributed by atoms with E-state index < -0.39 is 10.0 Å². The van der Waals surface area contributed by atoms with Crippen molar-refractivity contribution >= 4 is 26.0 Å². The van der Waals surface area contributed by atoms with Crippen molar-refractivity contribution in [3.8, 4) is 0 Å². The van der Waals surface area contributed by atoms with E-state index in [-0.39, 0.29) is 12.4 Å². The third-order valence-corrected chi connectivity index (χ3v) is 2.90. The second-order valence-corrected chi connectivity index (χ2v) is 5.41. The Kier molecular flexibility index (Phi) is 3.65. The van der Waals surface area contributed by atoms with Gasteiger partial charge in [-0.25, -0.2) is 13.6 Å². The van der Waals surface area contributed by atoms with Crippen molar-refractivity contribution in [3.63, 3.8) is 0 Å². The Morgan fingerprint density at radius 1 is 1.36 bits per heavy atom. The van der Waals surface area contributed by atoms with Gasteiger partial charge in [-0.15, -0.1) is 0 Å². The topological polar surface area (TPSA) is 80.4 Å². The number of hydrogen-bond acceptors (Lipinski definition) is 3. The highest BCUT2D eigenvalue weighted by molar-refractivity contribution is 9.10. The zero-order valence-corrected chi connectivity index (χ0v) is 9.68. The number of halogens is 1.